The van der Waals surface area contributed by atoms with Gasteiger partial charge in [0.2, 0.25) is 5.91 Å². The number of nitrogens with two attached hydrogens (primary N) is 1. The third-order valence-electron chi connectivity index (χ3n) is 2.78. The number of rotatable bonds is 2. The third kappa shape index (κ3) is 3.80. The van der Waals surface area contributed by atoms with E-state index in [0.717, 1.165) is 5.69 Å². The molecule has 1 aromatic heterocycles. The predicted octanol–water partition coefficient (Wildman–Crippen LogP) is 2.22. The van der Waals surface area contributed by atoms with Crippen molar-refractivity contribution < 1.29 is 4.79 Å². The highest BCUT2D eigenvalue weighted by molar-refractivity contribution is 5.93. The van der Waals surface area contributed by atoms with Crippen molar-refractivity contribution in [2.24, 2.45) is 5.73 Å². The summed E-state index contributed by atoms with van der Waals surface area (Å²) in [6, 6.07) is 1.38. The lowest BCUT2D eigenvalue weighted by Gasteiger charge is -2.23. The summed E-state index contributed by atoms with van der Waals surface area (Å²) in [4.78, 5) is 11.8. The average Bonchev–Trinajstić information content (AvgIpc) is 2.60. The zero-order valence-corrected chi connectivity index (χ0v) is 13.0. The molecular formula is C14H26N4O. The van der Waals surface area contributed by atoms with E-state index in [1.54, 1.807) is 6.92 Å². The molecule has 5 heteroatoms. The van der Waals surface area contributed by atoms with Crippen molar-refractivity contribution in [2.75, 3.05) is 5.32 Å². The van der Waals surface area contributed by atoms with E-state index in [4.69, 9.17) is 5.73 Å². The lowest BCUT2D eigenvalue weighted by molar-refractivity contribution is -0.117. The fourth-order valence-corrected chi connectivity index (χ4v) is 1.59. The molecule has 1 atom stereocenters. The van der Waals surface area contributed by atoms with Crippen LogP contribution in [0.15, 0.2) is 6.07 Å². The van der Waals surface area contributed by atoms with Gasteiger partial charge in [0.1, 0.15) is 5.82 Å². The van der Waals surface area contributed by atoms with Gasteiger partial charge in [0.05, 0.1) is 17.3 Å². The zero-order valence-electron chi connectivity index (χ0n) is 13.0. The smallest absolute Gasteiger partial charge is 0.242 e. The number of anilines is 1. The van der Waals surface area contributed by atoms with E-state index in [0.29, 0.717) is 5.82 Å². The molecular weight excluding hydrogens is 240 g/mol. The second-order valence-electron chi connectivity index (χ2n) is 7.03. The number of carbonyl (C=O) groups excluding carboxylic acids is 1. The first kappa shape index (κ1) is 15.7. The average molecular weight is 266 g/mol. The molecule has 108 valence electrons. The molecule has 0 spiro atoms. The first-order valence-corrected chi connectivity index (χ1v) is 6.60. The van der Waals surface area contributed by atoms with Gasteiger partial charge in [-0.3, -0.25) is 4.79 Å². The first-order chi connectivity index (χ1) is 8.43. The summed E-state index contributed by atoms with van der Waals surface area (Å²) in [6.07, 6.45) is 0. The van der Waals surface area contributed by atoms with E-state index < -0.39 is 6.04 Å². The van der Waals surface area contributed by atoms with Gasteiger partial charge in [-0.2, -0.15) is 5.10 Å². The molecule has 0 unspecified atom stereocenters. The molecule has 0 bridgehead atoms. The number of carbonyl (C=O) groups is 1. The molecule has 0 fully saturated rings. The number of hydrogen-bond acceptors (Lipinski definition) is 3. The third-order valence-corrected chi connectivity index (χ3v) is 2.78. The van der Waals surface area contributed by atoms with Crippen LogP contribution in [0, 0.1) is 0 Å². The fraction of sp³-hybridized carbons (Fsp3) is 0.714. The lowest BCUT2D eigenvalue weighted by atomic mass is 9.92. The molecule has 0 aromatic carbocycles. The van der Waals surface area contributed by atoms with Gasteiger partial charge >= 0.3 is 0 Å². The van der Waals surface area contributed by atoms with E-state index >= 15 is 0 Å². The summed E-state index contributed by atoms with van der Waals surface area (Å²) in [5.74, 6) is 0.491. The van der Waals surface area contributed by atoms with Crippen LogP contribution in [-0.2, 0) is 15.7 Å². The molecule has 0 aliphatic heterocycles. The van der Waals surface area contributed by atoms with Crippen molar-refractivity contribution in [3.63, 3.8) is 0 Å². The van der Waals surface area contributed by atoms with Gasteiger partial charge in [-0.15, -0.1) is 0 Å². The van der Waals surface area contributed by atoms with E-state index in [9.17, 15) is 4.79 Å². The Labute approximate surface area is 115 Å². The summed E-state index contributed by atoms with van der Waals surface area (Å²) >= 11 is 0. The van der Waals surface area contributed by atoms with Gasteiger partial charge in [-0.1, -0.05) is 20.8 Å². The lowest BCUT2D eigenvalue weighted by Crippen LogP contribution is -2.35. The Morgan fingerprint density at radius 1 is 1.32 bits per heavy atom. The summed E-state index contributed by atoms with van der Waals surface area (Å²) in [6.45, 7) is 14.1. The van der Waals surface area contributed by atoms with Crippen LogP contribution >= 0.6 is 0 Å². The van der Waals surface area contributed by atoms with Crippen molar-refractivity contribution in [1.29, 1.82) is 0 Å². The molecule has 19 heavy (non-hydrogen) atoms. The number of nitrogens with zero attached hydrogens (tertiary/aromatic N) is 2. The summed E-state index contributed by atoms with van der Waals surface area (Å²) in [7, 11) is 0. The number of nitrogens with one attached hydrogen (secondary N) is 1. The minimum absolute atomic E-state index is 0.0652. The highest BCUT2D eigenvalue weighted by Crippen LogP contribution is 2.28. The first-order valence-electron chi connectivity index (χ1n) is 6.60. The molecule has 0 saturated carbocycles. The maximum absolute atomic E-state index is 11.8. The number of amides is 1. The van der Waals surface area contributed by atoms with Crippen LogP contribution in [0.3, 0.4) is 0 Å². The van der Waals surface area contributed by atoms with Crippen LogP contribution in [0.1, 0.15) is 54.2 Å². The van der Waals surface area contributed by atoms with Gasteiger partial charge < -0.3 is 11.1 Å². The van der Waals surface area contributed by atoms with E-state index in [1.807, 2.05) is 31.5 Å². The molecule has 0 aliphatic carbocycles. The maximum Gasteiger partial charge on any atom is 0.242 e. The van der Waals surface area contributed by atoms with Gasteiger partial charge in [0, 0.05) is 11.5 Å². The Bertz CT molecular complexity index is 461. The largest absolute Gasteiger partial charge is 0.320 e. The summed E-state index contributed by atoms with van der Waals surface area (Å²) < 4.78 is 1.84. The highest BCUT2D eigenvalue weighted by atomic mass is 16.2. The maximum atomic E-state index is 11.8. The zero-order chi connectivity index (χ0) is 15.0. The van der Waals surface area contributed by atoms with Gasteiger partial charge in [-0.25, -0.2) is 4.68 Å². The van der Waals surface area contributed by atoms with Crippen LogP contribution < -0.4 is 11.1 Å². The van der Waals surface area contributed by atoms with Crippen molar-refractivity contribution in [3.8, 4) is 0 Å². The molecule has 1 aromatic rings. The van der Waals surface area contributed by atoms with Crippen LogP contribution in [0.2, 0.25) is 0 Å². The van der Waals surface area contributed by atoms with Crippen LogP contribution in [0.4, 0.5) is 5.82 Å². The second kappa shape index (κ2) is 4.96. The standard InChI is InChI=1S/C14H26N4O/c1-9(15)12(19)16-11-8-10(13(2,3)4)17-18(11)14(5,6)7/h8-9H,15H2,1-7H3,(H,16,19)/t9-/m0/s1. The highest BCUT2D eigenvalue weighted by Gasteiger charge is 2.26. The fourth-order valence-electron chi connectivity index (χ4n) is 1.59. The topological polar surface area (TPSA) is 72.9 Å². The molecule has 0 radical (unpaired) electrons. The predicted molar refractivity (Wildman–Crippen MR) is 78.2 cm³/mol. The monoisotopic (exact) mass is 266 g/mol. The summed E-state index contributed by atoms with van der Waals surface area (Å²) in [5.41, 5.74) is 6.27. The molecule has 5 nitrogen and oxygen atoms in total. The Balaban J connectivity index is 3.22. The van der Waals surface area contributed by atoms with Gasteiger partial charge in [0.25, 0.3) is 0 Å². The van der Waals surface area contributed by atoms with Gasteiger partial charge in [-0.05, 0) is 27.7 Å². The van der Waals surface area contributed by atoms with Crippen molar-refractivity contribution >= 4 is 11.7 Å². The second-order valence-corrected chi connectivity index (χ2v) is 7.03. The Hall–Kier alpha value is -1.36. The summed E-state index contributed by atoms with van der Waals surface area (Å²) in [5, 5.41) is 7.47. The Kier molecular flexibility index (Phi) is 4.10. The van der Waals surface area contributed by atoms with Crippen molar-refractivity contribution in [2.45, 2.75) is 65.5 Å². The Morgan fingerprint density at radius 3 is 2.21 bits per heavy atom. The minimum Gasteiger partial charge on any atom is -0.320 e. The molecule has 1 heterocycles. The van der Waals surface area contributed by atoms with E-state index in [2.05, 4.69) is 31.2 Å². The molecule has 3 N–H and O–H groups in total. The molecule has 0 aliphatic rings. The van der Waals surface area contributed by atoms with E-state index in [1.165, 1.54) is 0 Å². The Morgan fingerprint density at radius 2 is 1.84 bits per heavy atom. The van der Waals surface area contributed by atoms with Crippen LogP contribution in [0.5, 0.6) is 0 Å². The van der Waals surface area contributed by atoms with Crippen LogP contribution in [-0.4, -0.2) is 21.7 Å². The minimum atomic E-state index is -0.540. The SMILES string of the molecule is C[C@H](N)C(=O)Nc1cc(C(C)(C)C)nn1C(C)(C)C. The molecule has 1 rings (SSSR count). The number of aromatic nitrogens is 2. The molecule has 1 amide bonds. The quantitative estimate of drug-likeness (QED) is 0.862. The number of hydrogen-bond donors (Lipinski definition) is 2. The molecule has 0 saturated heterocycles. The normalized spacial score (nSPS) is 14.3. The van der Waals surface area contributed by atoms with Crippen molar-refractivity contribution in [3.05, 3.63) is 11.8 Å². The van der Waals surface area contributed by atoms with Gasteiger partial charge in [0.15, 0.2) is 0 Å². The van der Waals surface area contributed by atoms with E-state index in [-0.39, 0.29) is 16.9 Å². The van der Waals surface area contributed by atoms with Crippen LogP contribution in [0.25, 0.3) is 0 Å². The van der Waals surface area contributed by atoms with Crippen molar-refractivity contribution in [1.82, 2.24) is 9.78 Å².